The first kappa shape index (κ1) is 13.1. The second-order valence-electron chi connectivity index (χ2n) is 4.54. The van der Waals surface area contributed by atoms with E-state index in [-0.39, 0.29) is 18.0 Å². The van der Waals surface area contributed by atoms with E-state index in [0.717, 1.165) is 5.56 Å². The van der Waals surface area contributed by atoms with E-state index in [2.05, 4.69) is 10.3 Å². The fourth-order valence-corrected chi connectivity index (χ4v) is 2.01. The van der Waals surface area contributed by atoms with Gasteiger partial charge in [0.05, 0.1) is 5.52 Å². The van der Waals surface area contributed by atoms with Gasteiger partial charge >= 0.3 is 5.76 Å². The van der Waals surface area contributed by atoms with Gasteiger partial charge in [-0.3, -0.25) is 9.78 Å². The van der Waals surface area contributed by atoms with Crippen LogP contribution in [0.5, 0.6) is 0 Å². The van der Waals surface area contributed by atoms with Gasteiger partial charge in [0.25, 0.3) is 5.91 Å². The summed E-state index contributed by atoms with van der Waals surface area (Å²) in [6, 6.07) is 10.6. The van der Waals surface area contributed by atoms with Crippen molar-refractivity contribution in [2.24, 2.45) is 0 Å². The smallest absolute Gasteiger partial charge is 0.408 e. The minimum atomic E-state index is -0.522. The van der Waals surface area contributed by atoms with Gasteiger partial charge in [0.2, 0.25) is 0 Å². The Morgan fingerprint density at radius 2 is 2.10 bits per heavy atom. The highest BCUT2D eigenvalue weighted by Crippen LogP contribution is 2.12. The highest BCUT2D eigenvalue weighted by Gasteiger charge is 2.07. The molecular formula is C15H11FN2O3. The standard InChI is InChI=1S/C15H11FN2O3/c16-11-3-1-2-10(7-11)14(19)17-8-9-4-5-12-13(6-9)21-15(20)18-12/h1-7H,8H2,(H,17,19)(H,18,20). The van der Waals surface area contributed by atoms with Crippen LogP contribution in [0.2, 0.25) is 0 Å². The molecule has 0 aliphatic carbocycles. The number of benzene rings is 2. The Morgan fingerprint density at radius 3 is 2.90 bits per heavy atom. The summed E-state index contributed by atoms with van der Waals surface area (Å²) in [6.45, 7) is 0.250. The third kappa shape index (κ3) is 2.84. The fraction of sp³-hybridized carbons (Fsp3) is 0.0667. The van der Waals surface area contributed by atoms with Gasteiger partial charge in [-0.05, 0) is 35.9 Å². The Hall–Kier alpha value is -2.89. The van der Waals surface area contributed by atoms with E-state index in [9.17, 15) is 14.0 Å². The van der Waals surface area contributed by atoms with Crippen LogP contribution in [0.3, 0.4) is 0 Å². The summed E-state index contributed by atoms with van der Waals surface area (Å²) in [4.78, 5) is 25.5. The minimum absolute atomic E-state index is 0.250. The quantitative estimate of drug-likeness (QED) is 0.775. The maximum atomic E-state index is 13.0. The van der Waals surface area contributed by atoms with Gasteiger partial charge in [-0.25, -0.2) is 9.18 Å². The third-order valence-corrected chi connectivity index (χ3v) is 3.03. The Kier molecular flexibility index (Phi) is 3.27. The summed E-state index contributed by atoms with van der Waals surface area (Å²) in [6.07, 6.45) is 0. The first-order valence-electron chi connectivity index (χ1n) is 6.27. The van der Waals surface area contributed by atoms with E-state index in [1.54, 1.807) is 18.2 Å². The van der Waals surface area contributed by atoms with Crippen LogP contribution in [-0.2, 0) is 6.54 Å². The maximum absolute atomic E-state index is 13.0. The van der Waals surface area contributed by atoms with Crippen molar-refractivity contribution in [3.63, 3.8) is 0 Å². The number of H-pyrrole nitrogens is 1. The lowest BCUT2D eigenvalue weighted by Crippen LogP contribution is -2.22. The topological polar surface area (TPSA) is 75.1 Å². The molecule has 6 heteroatoms. The number of fused-ring (bicyclic) bond motifs is 1. The van der Waals surface area contributed by atoms with Crippen LogP contribution in [0.15, 0.2) is 51.7 Å². The number of hydrogen-bond donors (Lipinski definition) is 2. The first-order chi connectivity index (χ1) is 10.1. The lowest BCUT2D eigenvalue weighted by molar-refractivity contribution is 0.0950. The summed E-state index contributed by atoms with van der Waals surface area (Å²) in [7, 11) is 0. The molecule has 0 saturated heterocycles. The van der Waals surface area contributed by atoms with Crippen molar-refractivity contribution < 1.29 is 13.6 Å². The Balaban J connectivity index is 1.73. The highest BCUT2D eigenvalue weighted by atomic mass is 19.1. The normalized spacial score (nSPS) is 10.7. The average molecular weight is 286 g/mol. The molecule has 0 aliphatic rings. The molecule has 0 atom stereocenters. The monoisotopic (exact) mass is 286 g/mol. The van der Waals surface area contributed by atoms with Gasteiger partial charge in [-0.2, -0.15) is 0 Å². The molecule has 5 nitrogen and oxygen atoms in total. The molecule has 2 N–H and O–H groups in total. The van der Waals surface area contributed by atoms with Crippen LogP contribution in [-0.4, -0.2) is 10.9 Å². The van der Waals surface area contributed by atoms with Crippen molar-refractivity contribution in [1.29, 1.82) is 0 Å². The number of nitrogens with one attached hydrogen (secondary N) is 2. The Labute approximate surface area is 118 Å². The van der Waals surface area contributed by atoms with Gasteiger partial charge < -0.3 is 9.73 Å². The predicted molar refractivity (Wildman–Crippen MR) is 74.4 cm³/mol. The number of carbonyl (C=O) groups excluding carboxylic acids is 1. The van der Waals surface area contributed by atoms with Crippen molar-refractivity contribution in [1.82, 2.24) is 10.3 Å². The van der Waals surface area contributed by atoms with Crippen LogP contribution in [0.25, 0.3) is 11.1 Å². The highest BCUT2D eigenvalue weighted by molar-refractivity contribution is 5.94. The summed E-state index contributed by atoms with van der Waals surface area (Å²) >= 11 is 0. The maximum Gasteiger partial charge on any atom is 0.417 e. The lowest BCUT2D eigenvalue weighted by Gasteiger charge is -2.05. The fourth-order valence-electron chi connectivity index (χ4n) is 2.01. The average Bonchev–Trinajstić information content (AvgIpc) is 2.84. The number of carbonyl (C=O) groups is 1. The van der Waals surface area contributed by atoms with E-state index in [1.807, 2.05) is 0 Å². The van der Waals surface area contributed by atoms with Crippen molar-refractivity contribution >= 4 is 17.0 Å². The molecule has 0 radical (unpaired) electrons. The molecule has 0 spiro atoms. The molecule has 0 bridgehead atoms. The summed E-state index contributed by atoms with van der Waals surface area (Å²) in [5, 5.41) is 2.68. The van der Waals surface area contributed by atoms with Crippen molar-refractivity contribution in [2.75, 3.05) is 0 Å². The molecule has 0 saturated carbocycles. The molecule has 1 aromatic heterocycles. The van der Waals surface area contributed by atoms with E-state index >= 15 is 0 Å². The summed E-state index contributed by atoms with van der Waals surface area (Å²) in [5.41, 5.74) is 2.05. The van der Waals surface area contributed by atoms with Gasteiger partial charge in [-0.15, -0.1) is 0 Å². The van der Waals surface area contributed by atoms with E-state index in [0.29, 0.717) is 11.1 Å². The Bertz CT molecular complexity index is 866. The molecule has 2 aromatic carbocycles. The zero-order valence-electron chi connectivity index (χ0n) is 10.9. The number of amides is 1. The van der Waals surface area contributed by atoms with Crippen LogP contribution in [0.4, 0.5) is 4.39 Å². The van der Waals surface area contributed by atoms with E-state index in [1.165, 1.54) is 24.3 Å². The number of aromatic nitrogens is 1. The third-order valence-electron chi connectivity index (χ3n) is 3.03. The van der Waals surface area contributed by atoms with E-state index in [4.69, 9.17) is 4.42 Å². The molecule has 1 amide bonds. The number of oxazole rings is 1. The van der Waals surface area contributed by atoms with E-state index < -0.39 is 11.6 Å². The zero-order chi connectivity index (χ0) is 14.8. The van der Waals surface area contributed by atoms with Crippen molar-refractivity contribution in [3.05, 3.63) is 70.0 Å². The summed E-state index contributed by atoms with van der Waals surface area (Å²) in [5.74, 6) is -1.35. The van der Waals surface area contributed by atoms with Crippen LogP contribution in [0.1, 0.15) is 15.9 Å². The molecule has 0 fully saturated rings. The van der Waals surface area contributed by atoms with Crippen molar-refractivity contribution in [2.45, 2.75) is 6.54 Å². The molecular weight excluding hydrogens is 275 g/mol. The first-order valence-corrected chi connectivity index (χ1v) is 6.27. The molecule has 0 aliphatic heterocycles. The number of rotatable bonds is 3. The predicted octanol–water partition coefficient (Wildman–Crippen LogP) is 2.19. The molecule has 106 valence electrons. The number of aromatic amines is 1. The molecule has 3 rings (SSSR count). The van der Waals surface area contributed by atoms with Crippen molar-refractivity contribution in [3.8, 4) is 0 Å². The molecule has 0 unspecified atom stereocenters. The van der Waals surface area contributed by atoms with Gasteiger partial charge in [-0.1, -0.05) is 12.1 Å². The molecule has 3 aromatic rings. The van der Waals surface area contributed by atoms with Crippen LogP contribution < -0.4 is 11.1 Å². The van der Waals surface area contributed by atoms with Gasteiger partial charge in [0.15, 0.2) is 5.58 Å². The van der Waals surface area contributed by atoms with Crippen LogP contribution >= 0.6 is 0 Å². The Morgan fingerprint density at radius 1 is 1.24 bits per heavy atom. The van der Waals surface area contributed by atoms with Crippen LogP contribution in [0, 0.1) is 5.82 Å². The SMILES string of the molecule is O=C(NCc1ccc2[nH]c(=O)oc2c1)c1cccc(F)c1. The molecule has 21 heavy (non-hydrogen) atoms. The zero-order valence-corrected chi connectivity index (χ0v) is 10.9. The summed E-state index contributed by atoms with van der Waals surface area (Å²) < 4.78 is 18.0. The second kappa shape index (κ2) is 5.24. The minimum Gasteiger partial charge on any atom is -0.408 e. The largest absolute Gasteiger partial charge is 0.417 e. The second-order valence-corrected chi connectivity index (χ2v) is 4.54. The van der Waals surface area contributed by atoms with Gasteiger partial charge in [0, 0.05) is 12.1 Å². The lowest BCUT2D eigenvalue weighted by atomic mass is 10.2. The van der Waals surface area contributed by atoms with Gasteiger partial charge in [0.1, 0.15) is 5.82 Å². The molecule has 1 heterocycles. The number of halogens is 1. The number of hydrogen-bond acceptors (Lipinski definition) is 3.